The van der Waals surface area contributed by atoms with Gasteiger partial charge in [0.2, 0.25) is 0 Å². The molecule has 8 rings (SSSR count). The number of rotatable bonds is 4. The molecule has 0 bridgehead atoms. The predicted molar refractivity (Wildman–Crippen MR) is 199 cm³/mol. The summed E-state index contributed by atoms with van der Waals surface area (Å²) in [6.45, 7) is 9.00. The molecule has 0 aliphatic heterocycles. The van der Waals surface area contributed by atoms with Gasteiger partial charge in [-0.1, -0.05) is 86.7 Å². The van der Waals surface area contributed by atoms with Gasteiger partial charge in [-0.15, -0.1) is 18.2 Å². The molecule has 4 aromatic carbocycles. The molecule has 1 aliphatic carbocycles. The van der Waals surface area contributed by atoms with Crippen LogP contribution in [0.15, 0.2) is 114 Å². The third kappa shape index (κ3) is 6.11. The van der Waals surface area contributed by atoms with Crippen LogP contribution in [-0.4, -0.2) is 23.2 Å². The van der Waals surface area contributed by atoms with Gasteiger partial charge in [0.05, 0.1) is 5.58 Å². The van der Waals surface area contributed by atoms with Crippen molar-refractivity contribution in [1.29, 1.82) is 0 Å². The molecule has 3 aromatic heterocycles. The molecule has 0 unspecified atom stereocenters. The fraction of sp³-hybridized carbons (Fsp3) is 0.209. The van der Waals surface area contributed by atoms with Gasteiger partial charge in [-0.25, -0.2) is 0 Å². The Morgan fingerprint density at radius 2 is 1.50 bits per heavy atom. The van der Waals surface area contributed by atoms with E-state index in [-0.39, 0.29) is 25.5 Å². The molecule has 0 spiro atoms. The van der Waals surface area contributed by atoms with Gasteiger partial charge >= 0.3 is 99.8 Å². The Morgan fingerprint density at radius 3 is 2.21 bits per heavy atom. The maximum atomic E-state index is 6.66. The number of pyridine rings is 2. The number of benzene rings is 4. The Hall–Kier alpha value is -3.83. The van der Waals surface area contributed by atoms with Crippen molar-refractivity contribution in [3.63, 3.8) is 0 Å². The Kier molecular flexibility index (Phi) is 9.39. The molecule has 0 saturated carbocycles. The number of hydrogen-bond acceptors (Lipinski definition) is 3. The first-order valence-electron chi connectivity index (χ1n) is 16.4. The van der Waals surface area contributed by atoms with E-state index >= 15 is 0 Å². The monoisotopic (exact) mass is 867 g/mol. The van der Waals surface area contributed by atoms with E-state index in [4.69, 9.17) is 4.42 Å². The maximum Gasteiger partial charge on any atom is 0 e. The van der Waals surface area contributed by atoms with Crippen LogP contribution in [0.4, 0.5) is 0 Å². The van der Waals surface area contributed by atoms with Crippen LogP contribution >= 0.6 is 0 Å². The van der Waals surface area contributed by atoms with Crippen LogP contribution in [0, 0.1) is 12.1 Å². The second kappa shape index (κ2) is 13.2. The van der Waals surface area contributed by atoms with Gasteiger partial charge in [0.1, 0.15) is 5.58 Å². The first-order valence-corrected chi connectivity index (χ1v) is 23.8. The Balaban J connectivity index is 0.000000201. The summed E-state index contributed by atoms with van der Waals surface area (Å²) < 4.78 is 8.10. The normalized spacial score (nSPS) is 13.1. The van der Waals surface area contributed by atoms with Crippen LogP contribution < -0.4 is 4.40 Å². The van der Waals surface area contributed by atoms with Crippen molar-refractivity contribution in [2.75, 3.05) is 0 Å². The number of nitrogens with zero attached hydrogens (tertiary/aromatic N) is 2. The fourth-order valence-electron chi connectivity index (χ4n) is 6.67. The van der Waals surface area contributed by atoms with Crippen molar-refractivity contribution in [2.24, 2.45) is 0 Å². The molecule has 1 radical (unpaired) electrons. The maximum absolute atomic E-state index is 6.66. The summed E-state index contributed by atoms with van der Waals surface area (Å²) in [7, 11) is 0. The van der Waals surface area contributed by atoms with Crippen molar-refractivity contribution >= 4 is 39.6 Å². The molecule has 3 heterocycles. The zero-order valence-corrected chi connectivity index (χ0v) is 33.1. The fourth-order valence-corrected chi connectivity index (χ4v) is 8.84. The summed E-state index contributed by atoms with van der Waals surface area (Å²) >= 11 is -1.72. The molecular weight excluding hydrogens is 825 g/mol. The SMILES string of the molecule is CC(C)c1ccnc(-c2[c-]ccc3c2oc2c4c(ccc23)C(C)(C)c2ccccc2-4)c1.[CH3][Ge]([CH3])([CH3])[c]1ccc(-c2[c-]cccc2)nc1.[Ir]. The van der Waals surface area contributed by atoms with Crippen LogP contribution in [0.25, 0.3) is 55.6 Å². The smallest absolute Gasteiger partial charge is 0 e. The summed E-state index contributed by atoms with van der Waals surface area (Å²) in [5.41, 5.74) is 12.1. The zero-order valence-electron chi connectivity index (χ0n) is 28.6. The summed E-state index contributed by atoms with van der Waals surface area (Å²) in [4.78, 5) is 9.18. The standard InChI is InChI=1S/C29H24NO.C14H16GeN.Ir/c1-17(2)18-14-15-30-25(16-18)22-10-7-9-19-20-12-13-24-26(28(20)31-27(19)22)21-8-5-6-11-23(21)29(24,3)4;1-15(2,3)13-9-10-14(16-11-13)12-7-5-4-6-8-12;/h5-9,11-17H,1-4H3;4-7,9-11H,1-3H3;/q2*-1;. The van der Waals surface area contributed by atoms with Crippen molar-refractivity contribution in [2.45, 2.75) is 56.3 Å². The van der Waals surface area contributed by atoms with Crippen LogP contribution in [0.5, 0.6) is 0 Å². The van der Waals surface area contributed by atoms with E-state index in [2.05, 4.69) is 134 Å². The van der Waals surface area contributed by atoms with Gasteiger partial charge in [-0.2, -0.15) is 0 Å². The van der Waals surface area contributed by atoms with Gasteiger partial charge < -0.3 is 9.40 Å². The average molecular weight is 866 g/mol. The summed E-state index contributed by atoms with van der Waals surface area (Å²) in [5.74, 6) is 7.58. The topological polar surface area (TPSA) is 38.9 Å². The molecule has 0 N–H and O–H groups in total. The van der Waals surface area contributed by atoms with Gasteiger partial charge in [-0.3, -0.25) is 0 Å². The number of hydrogen-bond donors (Lipinski definition) is 0. The van der Waals surface area contributed by atoms with E-state index in [1.165, 1.54) is 32.2 Å². The van der Waals surface area contributed by atoms with Crippen molar-refractivity contribution in [3.8, 4) is 33.6 Å². The Bertz CT molecular complexity index is 2230. The van der Waals surface area contributed by atoms with Gasteiger partial charge in [0, 0.05) is 42.7 Å². The van der Waals surface area contributed by atoms with Gasteiger partial charge in [0.25, 0.3) is 0 Å². The largest absolute Gasteiger partial charge is 0 e. The first kappa shape index (κ1) is 34.1. The van der Waals surface area contributed by atoms with E-state index in [1.807, 2.05) is 42.7 Å². The second-order valence-electron chi connectivity index (χ2n) is 14.3. The molecule has 0 fully saturated rings. The minimum atomic E-state index is -1.72. The molecule has 243 valence electrons. The van der Waals surface area contributed by atoms with E-state index in [0.717, 1.165) is 44.5 Å². The van der Waals surface area contributed by atoms with Crippen molar-refractivity contribution in [3.05, 3.63) is 138 Å². The molecule has 1 aliphatic rings. The van der Waals surface area contributed by atoms with Crippen LogP contribution in [-0.2, 0) is 25.5 Å². The van der Waals surface area contributed by atoms with E-state index in [0.29, 0.717) is 5.92 Å². The predicted octanol–water partition coefficient (Wildman–Crippen LogP) is 11.0. The van der Waals surface area contributed by atoms with E-state index in [1.54, 1.807) is 0 Å². The molecule has 7 aromatic rings. The number of furan rings is 1. The van der Waals surface area contributed by atoms with Gasteiger partial charge in [0.15, 0.2) is 0 Å². The third-order valence-corrected chi connectivity index (χ3v) is 13.7. The Morgan fingerprint density at radius 1 is 0.729 bits per heavy atom. The molecule has 3 nitrogen and oxygen atoms in total. The minimum absolute atomic E-state index is 0. The number of fused-ring (bicyclic) bond motifs is 7. The van der Waals surface area contributed by atoms with E-state index in [9.17, 15) is 0 Å². The van der Waals surface area contributed by atoms with Crippen LogP contribution in [0.1, 0.15) is 50.3 Å². The third-order valence-electron chi connectivity index (χ3n) is 9.47. The molecular formula is C43H40GeIrN2O-2. The number of aromatic nitrogens is 2. The zero-order chi connectivity index (χ0) is 32.9. The molecule has 0 atom stereocenters. The minimum Gasteiger partial charge on any atom is 0 e. The molecule has 5 heteroatoms. The molecule has 0 amide bonds. The van der Waals surface area contributed by atoms with Crippen molar-refractivity contribution < 1.29 is 24.5 Å². The summed E-state index contributed by atoms with van der Waals surface area (Å²) in [5, 5.41) is 2.27. The summed E-state index contributed by atoms with van der Waals surface area (Å²) in [6, 6.07) is 40.4. The van der Waals surface area contributed by atoms with E-state index < -0.39 is 13.3 Å². The van der Waals surface area contributed by atoms with Crippen LogP contribution in [0.2, 0.25) is 17.3 Å². The average Bonchev–Trinajstić information content (AvgIpc) is 3.58. The molecule has 0 saturated heterocycles. The Labute approximate surface area is 300 Å². The summed E-state index contributed by atoms with van der Waals surface area (Å²) in [6.07, 6.45) is 3.92. The van der Waals surface area contributed by atoms with Gasteiger partial charge in [-0.05, 0) is 34.4 Å². The first-order chi connectivity index (χ1) is 22.5. The van der Waals surface area contributed by atoms with Crippen molar-refractivity contribution in [1.82, 2.24) is 9.97 Å². The quantitative estimate of drug-likeness (QED) is 0.131. The molecule has 48 heavy (non-hydrogen) atoms. The van der Waals surface area contributed by atoms with Crippen LogP contribution in [0.3, 0.4) is 0 Å². The second-order valence-corrected chi connectivity index (χ2v) is 25.0.